The highest BCUT2D eigenvalue weighted by Gasteiger charge is 2.47. The number of hydrogen-bond acceptors (Lipinski definition) is 7. The van der Waals surface area contributed by atoms with Crippen molar-refractivity contribution in [3.8, 4) is 18.1 Å². The SMILES string of the molecule is C#CC/C(F)=C(\C=C(/C)CC1(c2ccc(OC(F)(F)F)cc2)N=C(N)N2CCCN=C21)c1cncnc1. The fourth-order valence-electron chi connectivity index (χ4n) is 4.48. The highest BCUT2D eigenvalue weighted by atomic mass is 19.4. The molecule has 0 fully saturated rings. The van der Waals surface area contributed by atoms with Crippen molar-refractivity contribution in [1.29, 1.82) is 0 Å². The summed E-state index contributed by atoms with van der Waals surface area (Å²) in [6.07, 6.45) is 7.25. The maximum Gasteiger partial charge on any atom is 0.573 e. The number of ether oxygens (including phenoxy) is 1. The molecule has 192 valence electrons. The van der Waals surface area contributed by atoms with E-state index in [1.54, 1.807) is 17.9 Å². The average Bonchev–Trinajstić information content (AvgIpc) is 3.15. The van der Waals surface area contributed by atoms with Gasteiger partial charge in [0.15, 0.2) is 11.5 Å². The molecule has 0 saturated carbocycles. The first-order valence-electron chi connectivity index (χ1n) is 11.4. The molecule has 1 aromatic heterocycles. The second-order valence-corrected chi connectivity index (χ2v) is 8.61. The Bertz CT molecular complexity index is 1310. The van der Waals surface area contributed by atoms with Crippen LogP contribution >= 0.6 is 0 Å². The lowest BCUT2D eigenvalue weighted by molar-refractivity contribution is -0.274. The van der Waals surface area contributed by atoms with E-state index >= 15 is 4.39 Å². The molecule has 3 heterocycles. The number of terminal acetylenes is 1. The van der Waals surface area contributed by atoms with Crippen LogP contribution in [0, 0.1) is 12.3 Å². The van der Waals surface area contributed by atoms with E-state index in [-0.39, 0.29) is 30.1 Å². The Labute approximate surface area is 211 Å². The van der Waals surface area contributed by atoms with Gasteiger partial charge in [0.05, 0.1) is 6.42 Å². The van der Waals surface area contributed by atoms with Crippen LogP contribution in [-0.4, -0.2) is 46.1 Å². The predicted molar refractivity (Wildman–Crippen MR) is 132 cm³/mol. The fraction of sp³-hybridized carbons (Fsp3) is 0.308. The molecule has 11 heteroatoms. The number of rotatable bonds is 7. The van der Waals surface area contributed by atoms with Crippen molar-refractivity contribution >= 4 is 17.4 Å². The van der Waals surface area contributed by atoms with Crippen molar-refractivity contribution in [3.05, 3.63) is 71.6 Å². The summed E-state index contributed by atoms with van der Waals surface area (Å²) in [7, 11) is 0. The van der Waals surface area contributed by atoms with Crippen LogP contribution in [0.25, 0.3) is 5.57 Å². The number of aliphatic imine (C=N–C) groups is 2. The summed E-state index contributed by atoms with van der Waals surface area (Å²) in [5.41, 5.74) is 7.09. The molecule has 0 saturated heterocycles. The van der Waals surface area contributed by atoms with Gasteiger partial charge in [0, 0.05) is 43.0 Å². The van der Waals surface area contributed by atoms with Gasteiger partial charge in [-0.2, -0.15) is 0 Å². The quantitative estimate of drug-likeness (QED) is 0.329. The smallest absolute Gasteiger partial charge is 0.406 e. The fourth-order valence-corrected chi connectivity index (χ4v) is 4.48. The van der Waals surface area contributed by atoms with Gasteiger partial charge in [-0.15, -0.1) is 19.6 Å². The molecule has 0 amide bonds. The molecular formula is C26H24F4N6O. The third kappa shape index (κ3) is 5.63. The molecule has 4 rings (SSSR count). The molecule has 2 N–H and O–H groups in total. The number of hydrogen-bond donors (Lipinski definition) is 1. The topological polar surface area (TPSA) is 89.0 Å². The van der Waals surface area contributed by atoms with Crippen molar-refractivity contribution in [3.63, 3.8) is 0 Å². The molecule has 1 unspecified atom stereocenters. The van der Waals surface area contributed by atoms with E-state index in [2.05, 4.69) is 25.6 Å². The van der Waals surface area contributed by atoms with Gasteiger partial charge < -0.3 is 10.5 Å². The van der Waals surface area contributed by atoms with E-state index in [9.17, 15) is 13.2 Å². The van der Waals surface area contributed by atoms with Gasteiger partial charge >= 0.3 is 6.36 Å². The van der Waals surface area contributed by atoms with E-state index in [4.69, 9.17) is 17.1 Å². The number of amidine groups is 1. The van der Waals surface area contributed by atoms with Crippen LogP contribution in [0.5, 0.6) is 5.75 Å². The number of allylic oxidation sites excluding steroid dienone is 3. The molecule has 0 bridgehead atoms. The van der Waals surface area contributed by atoms with Gasteiger partial charge in [-0.1, -0.05) is 29.7 Å². The highest BCUT2D eigenvalue weighted by Crippen LogP contribution is 2.42. The first kappa shape index (κ1) is 25.9. The second-order valence-electron chi connectivity index (χ2n) is 8.61. The summed E-state index contributed by atoms with van der Waals surface area (Å²) in [5.74, 6) is 2.27. The Morgan fingerprint density at radius 2 is 1.95 bits per heavy atom. The summed E-state index contributed by atoms with van der Waals surface area (Å²) in [4.78, 5) is 19.2. The van der Waals surface area contributed by atoms with E-state index in [1.165, 1.54) is 43.0 Å². The molecule has 37 heavy (non-hydrogen) atoms. The van der Waals surface area contributed by atoms with Gasteiger partial charge in [0.2, 0.25) is 0 Å². The van der Waals surface area contributed by atoms with Crippen LogP contribution in [-0.2, 0) is 5.54 Å². The van der Waals surface area contributed by atoms with Crippen LogP contribution < -0.4 is 10.5 Å². The predicted octanol–water partition coefficient (Wildman–Crippen LogP) is 4.74. The lowest BCUT2D eigenvalue weighted by Gasteiger charge is -2.33. The van der Waals surface area contributed by atoms with Crippen LogP contribution in [0.4, 0.5) is 17.6 Å². The summed E-state index contributed by atoms with van der Waals surface area (Å²) in [5, 5.41) is 0. The number of halogens is 4. The molecule has 0 radical (unpaired) electrons. The molecule has 1 aromatic carbocycles. The van der Waals surface area contributed by atoms with Crippen molar-refractivity contribution in [2.24, 2.45) is 15.7 Å². The number of nitrogens with zero attached hydrogens (tertiary/aromatic N) is 5. The third-order valence-corrected chi connectivity index (χ3v) is 5.92. The Balaban J connectivity index is 1.78. The summed E-state index contributed by atoms with van der Waals surface area (Å²) in [6.45, 7) is 2.96. The van der Waals surface area contributed by atoms with E-state index in [1.807, 2.05) is 0 Å². The lowest BCUT2D eigenvalue weighted by atomic mass is 9.82. The first-order chi connectivity index (χ1) is 17.6. The zero-order chi connectivity index (χ0) is 26.6. The Morgan fingerprint density at radius 1 is 1.24 bits per heavy atom. The van der Waals surface area contributed by atoms with E-state index < -0.39 is 17.7 Å². The van der Waals surface area contributed by atoms with E-state index in [0.717, 1.165) is 6.42 Å². The summed E-state index contributed by atoms with van der Waals surface area (Å²) < 4.78 is 57.1. The van der Waals surface area contributed by atoms with Gasteiger partial charge in [0.25, 0.3) is 0 Å². The first-order valence-corrected chi connectivity index (χ1v) is 11.4. The maximum atomic E-state index is 15.0. The molecule has 7 nitrogen and oxygen atoms in total. The maximum absolute atomic E-state index is 15.0. The van der Waals surface area contributed by atoms with Crippen LogP contribution in [0.2, 0.25) is 0 Å². The number of nitrogens with two attached hydrogens (primary N) is 1. The van der Waals surface area contributed by atoms with Crippen LogP contribution in [0.1, 0.15) is 37.3 Å². The number of alkyl halides is 3. The van der Waals surface area contributed by atoms with Gasteiger partial charge in [-0.05, 0) is 31.0 Å². The van der Waals surface area contributed by atoms with Gasteiger partial charge in [0.1, 0.15) is 23.7 Å². The summed E-state index contributed by atoms with van der Waals surface area (Å²) in [6, 6.07) is 5.46. The Morgan fingerprint density at radius 3 is 2.59 bits per heavy atom. The number of aromatic nitrogens is 2. The Hall–Kier alpha value is -4.20. The van der Waals surface area contributed by atoms with Gasteiger partial charge in [-0.25, -0.2) is 19.4 Å². The molecule has 2 aromatic rings. The minimum Gasteiger partial charge on any atom is -0.406 e. The number of guanidine groups is 1. The molecule has 0 aliphatic carbocycles. The van der Waals surface area contributed by atoms with Crippen molar-refractivity contribution in [2.75, 3.05) is 13.1 Å². The van der Waals surface area contributed by atoms with E-state index in [0.29, 0.717) is 35.6 Å². The zero-order valence-electron chi connectivity index (χ0n) is 20.0. The number of fused-ring (bicyclic) bond motifs is 1. The van der Waals surface area contributed by atoms with Crippen LogP contribution in [0.15, 0.2) is 70.4 Å². The molecule has 1 atom stereocenters. The minimum atomic E-state index is -4.81. The van der Waals surface area contributed by atoms with Crippen molar-refractivity contribution in [2.45, 2.75) is 38.1 Å². The van der Waals surface area contributed by atoms with Crippen molar-refractivity contribution < 1.29 is 22.3 Å². The Kier molecular flexibility index (Phi) is 7.29. The minimum absolute atomic E-state index is 0.217. The largest absolute Gasteiger partial charge is 0.573 e. The monoisotopic (exact) mass is 512 g/mol. The van der Waals surface area contributed by atoms with Gasteiger partial charge in [-0.3, -0.25) is 9.89 Å². The third-order valence-electron chi connectivity index (χ3n) is 5.92. The second kappa shape index (κ2) is 10.4. The van der Waals surface area contributed by atoms with Crippen LogP contribution in [0.3, 0.4) is 0 Å². The molecule has 0 spiro atoms. The van der Waals surface area contributed by atoms with Crippen molar-refractivity contribution in [1.82, 2.24) is 14.9 Å². The zero-order valence-corrected chi connectivity index (χ0v) is 20.0. The molecule has 2 aliphatic rings. The molecular weight excluding hydrogens is 488 g/mol. The standard InChI is InChI=1S/C26H24F4N6O/c1-3-5-22(27)21(18-14-32-16-33-15-18)12-17(2)13-25(23-34-10-4-11-36(23)24(31)35-25)19-6-8-20(9-7-19)37-26(28,29)30/h1,6-9,12,14-16H,4-5,10-11,13H2,2H3,(H2,31,35)/b17-12+,22-21-. The number of benzene rings is 1. The summed E-state index contributed by atoms with van der Waals surface area (Å²) >= 11 is 0. The average molecular weight is 513 g/mol. The molecule has 2 aliphatic heterocycles. The lowest BCUT2D eigenvalue weighted by Crippen LogP contribution is -2.46. The highest BCUT2D eigenvalue weighted by molar-refractivity contribution is 6.10. The normalized spacial score (nSPS) is 20.4.